The van der Waals surface area contributed by atoms with Crippen LogP contribution in [0.4, 0.5) is 0 Å². The van der Waals surface area contributed by atoms with Crippen molar-refractivity contribution >= 4 is 5.78 Å². The zero-order valence-corrected chi connectivity index (χ0v) is 13.2. The van der Waals surface area contributed by atoms with Gasteiger partial charge in [-0.05, 0) is 24.3 Å². The fraction of sp³-hybridized carbons (Fsp3) is 0.706. The molecule has 0 fully saturated rings. The number of carbonyl (C=O) groups excluding carboxylic acids is 1. The molecule has 108 valence electrons. The van der Waals surface area contributed by atoms with E-state index in [-0.39, 0.29) is 16.6 Å². The van der Waals surface area contributed by atoms with Crippen molar-refractivity contribution in [3.8, 4) is 0 Å². The van der Waals surface area contributed by atoms with E-state index in [2.05, 4.69) is 34.6 Å². The van der Waals surface area contributed by atoms with Crippen molar-refractivity contribution in [1.82, 2.24) is 0 Å². The van der Waals surface area contributed by atoms with Gasteiger partial charge < -0.3 is 5.11 Å². The Bertz CT molecular complexity index is 413. The molecule has 1 atom stereocenters. The third-order valence-electron chi connectivity index (χ3n) is 4.40. The first-order valence-corrected chi connectivity index (χ1v) is 7.29. The van der Waals surface area contributed by atoms with E-state index < -0.39 is 5.60 Å². The lowest BCUT2D eigenvalue weighted by atomic mass is 9.64. The van der Waals surface area contributed by atoms with Crippen LogP contribution in [-0.4, -0.2) is 16.5 Å². The highest BCUT2D eigenvalue weighted by Gasteiger charge is 2.47. The number of hydrogen-bond acceptors (Lipinski definition) is 2. The molecule has 0 aromatic heterocycles. The Balaban J connectivity index is 3.29. The van der Waals surface area contributed by atoms with Crippen LogP contribution >= 0.6 is 0 Å². The SMILES string of the molecule is CCCC(C)(C)C(O)(CC)C1=CC(C)(C)C=CC1=O. The van der Waals surface area contributed by atoms with Crippen LogP contribution in [0.2, 0.25) is 0 Å². The van der Waals surface area contributed by atoms with E-state index in [4.69, 9.17) is 0 Å². The molecule has 0 saturated heterocycles. The van der Waals surface area contributed by atoms with Crippen LogP contribution in [0.25, 0.3) is 0 Å². The topological polar surface area (TPSA) is 37.3 Å². The average molecular weight is 264 g/mol. The molecule has 0 radical (unpaired) electrons. The van der Waals surface area contributed by atoms with E-state index in [0.717, 1.165) is 12.8 Å². The van der Waals surface area contributed by atoms with Gasteiger partial charge in [0.25, 0.3) is 0 Å². The first-order valence-electron chi connectivity index (χ1n) is 7.29. The Labute approximate surface area is 117 Å². The summed E-state index contributed by atoms with van der Waals surface area (Å²) in [5.41, 5.74) is -0.961. The van der Waals surface area contributed by atoms with Crippen LogP contribution in [-0.2, 0) is 4.79 Å². The van der Waals surface area contributed by atoms with E-state index in [1.807, 2.05) is 19.1 Å². The predicted octanol–water partition coefficient (Wildman–Crippen LogP) is 4.05. The van der Waals surface area contributed by atoms with Crippen LogP contribution in [0, 0.1) is 10.8 Å². The van der Waals surface area contributed by atoms with Crippen molar-refractivity contribution in [2.45, 2.75) is 66.4 Å². The van der Waals surface area contributed by atoms with Crippen molar-refractivity contribution < 1.29 is 9.90 Å². The normalized spacial score (nSPS) is 22.1. The fourth-order valence-electron chi connectivity index (χ4n) is 3.06. The Hall–Kier alpha value is -0.890. The molecule has 0 amide bonds. The van der Waals surface area contributed by atoms with Crippen LogP contribution in [0.3, 0.4) is 0 Å². The van der Waals surface area contributed by atoms with Gasteiger partial charge in [-0.1, -0.05) is 60.1 Å². The summed E-state index contributed by atoms with van der Waals surface area (Å²) in [7, 11) is 0. The average Bonchev–Trinajstić information content (AvgIpc) is 2.31. The predicted molar refractivity (Wildman–Crippen MR) is 79.9 cm³/mol. The first-order chi connectivity index (χ1) is 8.59. The van der Waals surface area contributed by atoms with Crippen LogP contribution in [0.15, 0.2) is 23.8 Å². The summed E-state index contributed by atoms with van der Waals surface area (Å²) in [4.78, 5) is 12.2. The molecular weight excluding hydrogens is 236 g/mol. The lowest BCUT2D eigenvalue weighted by molar-refractivity contribution is -0.117. The minimum atomic E-state index is -1.05. The smallest absolute Gasteiger partial charge is 0.184 e. The van der Waals surface area contributed by atoms with Gasteiger partial charge in [0.1, 0.15) is 0 Å². The minimum Gasteiger partial charge on any atom is -0.384 e. The lowest BCUT2D eigenvalue weighted by Gasteiger charge is -2.45. The summed E-state index contributed by atoms with van der Waals surface area (Å²) in [6.07, 6.45) is 7.90. The molecule has 0 aromatic rings. The van der Waals surface area contributed by atoms with Crippen molar-refractivity contribution in [3.63, 3.8) is 0 Å². The summed E-state index contributed by atoms with van der Waals surface area (Å²) in [5, 5.41) is 11.2. The second-order valence-electron chi connectivity index (χ2n) is 6.92. The van der Waals surface area contributed by atoms with Crippen LogP contribution in [0.5, 0.6) is 0 Å². The number of carbonyl (C=O) groups is 1. The molecule has 0 saturated carbocycles. The zero-order chi connectivity index (χ0) is 14.9. The van der Waals surface area contributed by atoms with E-state index in [1.165, 1.54) is 0 Å². The number of aliphatic hydroxyl groups is 1. The molecule has 19 heavy (non-hydrogen) atoms. The quantitative estimate of drug-likeness (QED) is 0.813. The molecule has 1 unspecified atom stereocenters. The van der Waals surface area contributed by atoms with Crippen molar-refractivity contribution in [2.75, 3.05) is 0 Å². The van der Waals surface area contributed by atoms with Gasteiger partial charge in [0.15, 0.2) is 5.78 Å². The van der Waals surface area contributed by atoms with Gasteiger partial charge >= 0.3 is 0 Å². The largest absolute Gasteiger partial charge is 0.384 e. The number of ketones is 1. The van der Waals surface area contributed by atoms with E-state index in [9.17, 15) is 9.90 Å². The molecule has 2 nitrogen and oxygen atoms in total. The van der Waals surface area contributed by atoms with Gasteiger partial charge in [0, 0.05) is 11.0 Å². The molecular formula is C17H28O2. The number of rotatable bonds is 5. The van der Waals surface area contributed by atoms with Gasteiger partial charge in [0.2, 0.25) is 0 Å². The summed E-state index contributed by atoms with van der Waals surface area (Å²) in [6, 6.07) is 0. The van der Waals surface area contributed by atoms with Gasteiger partial charge in [-0.25, -0.2) is 0 Å². The van der Waals surface area contributed by atoms with Crippen LogP contribution < -0.4 is 0 Å². The molecule has 0 aromatic carbocycles. The summed E-state index contributed by atoms with van der Waals surface area (Å²) >= 11 is 0. The van der Waals surface area contributed by atoms with Gasteiger partial charge in [0.05, 0.1) is 5.60 Å². The molecule has 1 aliphatic rings. The molecule has 0 spiro atoms. The highest BCUT2D eigenvalue weighted by Crippen LogP contribution is 2.45. The molecule has 0 heterocycles. The van der Waals surface area contributed by atoms with Gasteiger partial charge in [-0.3, -0.25) is 4.79 Å². The zero-order valence-electron chi connectivity index (χ0n) is 13.2. The molecule has 2 heteroatoms. The Morgan fingerprint density at radius 1 is 1.26 bits per heavy atom. The van der Waals surface area contributed by atoms with E-state index >= 15 is 0 Å². The Morgan fingerprint density at radius 3 is 2.32 bits per heavy atom. The summed E-state index contributed by atoms with van der Waals surface area (Å²) < 4.78 is 0. The lowest BCUT2D eigenvalue weighted by Crippen LogP contribution is -2.48. The maximum atomic E-state index is 12.2. The van der Waals surface area contributed by atoms with Crippen molar-refractivity contribution in [3.05, 3.63) is 23.8 Å². The standard InChI is InChI=1S/C17H28O2/c1-7-10-16(5,6)17(19,8-2)13-12-15(3,4)11-9-14(13)18/h9,11-12,19H,7-8,10H2,1-6H3. The van der Waals surface area contributed by atoms with Gasteiger partial charge in [-0.2, -0.15) is 0 Å². The second kappa shape index (κ2) is 5.24. The Morgan fingerprint density at radius 2 is 1.84 bits per heavy atom. The molecule has 0 bridgehead atoms. The van der Waals surface area contributed by atoms with E-state index in [0.29, 0.717) is 12.0 Å². The molecule has 0 aliphatic heterocycles. The molecule has 1 aliphatic carbocycles. The highest BCUT2D eigenvalue weighted by molar-refractivity contribution is 6.06. The van der Waals surface area contributed by atoms with Crippen LogP contribution in [0.1, 0.15) is 60.8 Å². The van der Waals surface area contributed by atoms with E-state index in [1.54, 1.807) is 6.08 Å². The fourth-order valence-corrected chi connectivity index (χ4v) is 3.06. The molecule has 1 rings (SSSR count). The molecule has 1 N–H and O–H groups in total. The Kier molecular flexibility index (Phi) is 4.46. The second-order valence-corrected chi connectivity index (χ2v) is 6.92. The number of allylic oxidation sites excluding steroid dienone is 3. The third kappa shape index (κ3) is 3.00. The highest BCUT2D eigenvalue weighted by atomic mass is 16.3. The monoisotopic (exact) mass is 264 g/mol. The van der Waals surface area contributed by atoms with Crippen molar-refractivity contribution in [1.29, 1.82) is 0 Å². The summed E-state index contributed by atoms with van der Waals surface area (Å²) in [5.74, 6) is -0.0483. The number of hydrogen-bond donors (Lipinski definition) is 1. The van der Waals surface area contributed by atoms with Gasteiger partial charge in [-0.15, -0.1) is 0 Å². The maximum absolute atomic E-state index is 12.2. The summed E-state index contributed by atoms with van der Waals surface area (Å²) in [6.45, 7) is 12.3. The third-order valence-corrected chi connectivity index (χ3v) is 4.40. The maximum Gasteiger partial charge on any atom is 0.184 e. The minimum absolute atomic E-state index is 0.0483. The van der Waals surface area contributed by atoms with Crippen molar-refractivity contribution in [2.24, 2.45) is 10.8 Å². The first kappa shape index (κ1) is 16.2.